The van der Waals surface area contributed by atoms with Gasteiger partial charge in [-0.3, -0.25) is 0 Å². The monoisotopic (exact) mass is 321 g/mol. The maximum absolute atomic E-state index is 12.8. The molecule has 1 aliphatic rings. The Kier molecular flexibility index (Phi) is 4.80. The Morgan fingerprint density at radius 3 is 2.67 bits per heavy atom. The molecular weight excluding hydrogens is 304 g/mol. The maximum atomic E-state index is 12.8. The minimum atomic E-state index is -4.68. The smallest absolute Gasteiger partial charge is 0.341 e. The number of aliphatic hydroxyl groups excluding tert-OH is 1. The van der Waals surface area contributed by atoms with Gasteiger partial charge in [-0.15, -0.1) is 0 Å². The quantitative estimate of drug-likeness (QED) is 0.904. The molecule has 0 amide bonds. The lowest BCUT2D eigenvalue weighted by Crippen LogP contribution is -2.48. The lowest BCUT2D eigenvalue weighted by molar-refractivity contribution is -0.0422. The molecule has 8 heteroatoms. The number of ether oxygens (including phenoxy) is 1. The van der Waals surface area contributed by atoms with Gasteiger partial charge in [-0.2, -0.15) is 8.78 Å². The van der Waals surface area contributed by atoms with Crippen molar-refractivity contribution in [3.8, 4) is 0 Å². The van der Waals surface area contributed by atoms with Gasteiger partial charge in [0.15, 0.2) is 0 Å². The van der Waals surface area contributed by atoms with Gasteiger partial charge in [0.1, 0.15) is 0 Å². The number of sulfone groups is 1. The molecule has 0 bridgehead atoms. The summed E-state index contributed by atoms with van der Waals surface area (Å²) in [5.74, 6) is -3.47. The predicted octanol–water partition coefficient (Wildman–Crippen LogP) is 1.27. The summed E-state index contributed by atoms with van der Waals surface area (Å²) in [6.07, 6.45) is -0.714. The summed E-state index contributed by atoms with van der Waals surface area (Å²) in [6, 6.07) is 5.66. The molecule has 1 N–H and O–H groups in total. The van der Waals surface area contributed by atoms with Crippen molar-refractivity contribution in [1.29, 1.82) is 0 Å². The number of hydrogen-bond donors (Lipinski definition) is 1. The molecule has 0 aliphatic carbocycles. The SMILES string of the molecule is CC1CN(c2ccccc2S(=O)(=O)C(F)F)CC(CO)O1. The summed E-state index contributed by atoms with van der Waals surface area (Å²) < 4.78 is 54.6. The Balaban J connectivity index is 2.41. The second-order valence-electron chi connectivity index (χ2n) is 4.93. The molecule has 0 radical (unpaired) electrons. The molecular formula is C13H17F2NO4S. The van der Waals surface area contributed by atoms with Crippen LogP contribution in [0.1, 0.15) is 6.92 Å². The zero-order valence-electron chi connectivity index (χ0n) is 11.4. The van der Waals surface area contributed by atoms with Gasteiger partial charge < -0.3 is 14.7 Å². The van der Waals surface area contributed by atoms with E-state index in [4.69, 9.17) is 4.74 Å². The van der Waals surface area contributed by atoms with Gasteiger partial charge in [0.25, 0.3) is 0 Å². The molecule has 1 heterocycles. The number of para-hydroxylation sites is 1. The van der Waals surface area contributed by atoms with Crippen molar-refractivity contribution in [2.45, 2.75) is 29.8 Å². The summed E-state index contributed by atoms with van der Waals surface area (Å²) >= 11 is 0. The summed E-state index contributed by atoms with van der Waals surface area (Å²) in [4.78, 5) is 1.26. The first-order valence-electron chi connectivity index (χ1n) is 6.48. The Morgan fingerprint density at radius 1 is 1.38 bits per heavy atom. The topological polar surface area (TPSA) is 66.8 Å². The van der Waals surface area contributed by atoms with Gasteiger partial charge in [-0.25, -0.2) is 8.42 Å². The van der Waals surface area contributed by atoms with Crippen LogP contribution in [-0.2, 0) is 14.6 Å². The molecule has 2 atom stereocenters. The number of alkyl halides is 2. The van der Waals surface area contributed by atoms with Crippen molar-refractivity contribution >= 4 is 15.5 Å². The second-order valence-corrected chi connectivity index (χ2v) is 6.82. The molecule has 1 aliphatic heterocycles. The van der Waals surface area contributed by atoms with Gasteiger partial charge in [0.2, 0.25) is 9.84 Å². The van der Waals surface area contributed by atoms with Crippen molar-refractivity contribution in [3.63, 3.8) is 0 Å². The standard InChI is InChI=1S/C13H17F2NO4S/c1-9-6-16(7-10(8-17)20-9)11-4-2-3-5-12(11)21(18,19)13(14)15/h2-5,9-10,13,17H,6-8H2,1H3. The van der Waals surface area contributed by atoms with Gasteiger partial charge in [0, 0.05) is 13.1 Å². The molecule has 1 saturated heterocycles. The summed E-state index contributed by atoms with van der Waals surface area (Å²) in [5.41, 5.74) is 0.214. The van der Waals surface area contributed by atoms with Crippen molar-refractivity contribution in [2.24, 2.45) is 0 Å². The lowest BCUT2D eigenvalue weighted by atomic mass is 10.2. The molecule has 0 aromatic heterocycles. The van der Waals surface area contributed by atoms with Gasteiger partial charge in [-0.1, -0.05) is 12.1 Å². The summed E-state index contributed by atoms with van der Waals surface area (Å²) in [6.45, 7) is 2.17. The fourth-order valence-electron chi connectivity index (χ4n) is 2.40. The van der Waals surface area contributed by atoms with Gasteiger partial charge in [0.05, 0.1) is 29.4 Å². The number of morpholine rings is 1. The lowest BCUT2D eigenvalue weighted by Gasteiger charge is -2.38. The largest absolute Gasteiger partial charge is 0.394 e. The fourth-order valence-corrected chi connectivity index (χ4v) is 3.35. The number of nitrogens with zero attached hydrogens (tertiary/aromatic N) is 1. The van der Waals surface area contributed by atoms with Gasteiger partial charge in [-0.05, 0) is 19.1 Å². The van der Waals surface area contributed by atoms with Crippen LogP contribution in [0.5, 0.6) is 0 Å². The van der Waals surface area contributed by atoms with E-state index in [1.54, 1.807) is 17.9 Å². The minimum Gasteiger partial charge on any atom is -0.394 e. The van der Waals surface area contributed by atoms with Crippen molar-refractivity contribution in [1.82, 2.24) is 0 Å². The highest BCUT2D eigenvalue weighted by Crippen LogP contribution is 2.30. The number of aliphatic hydroxyl groups is 1. The van der Waals surface area contributed by atoms with Gasteiger partial charge >= 0.3 is 5.76 Å². The first-order chi connectivity index (χ1) is 9.86. The zero-order valence-corrected chi connectivity index (χ0v) is 12.3. The zero-order chi connectivity index (χ0) is 15.6. The number of anilines is 1. The Hall–Kier alpha value is -1.25. The van der Waals surface area contributed by atoms with E-state index in [-0.39, 0.29) is 24.9 Å². The highest BCUT2D eigenvalue weighted by molar-refractivity contribution is 7.91. The fraction of sp³-hybridized carbons (Fsp3) is 0.538. The molecule has 0 saturated carbocycles. The molecule has 1 aromatic carbocycles. The number of rotatable bonds is 4. The normalized spacial score (nSPS) is 23.6. The molecule has 118 valence electrons. The number of hydrogen-bond acceptors (Lipinski definition) is 5. The number of halogens is 2. The third kappa shape index (κ3) is 3.33. The van der Waals surface area contributed by atoms with E-state index in [1.807, 2.05) is 0 Å². The van der Waals surface area contributed by atoms with Crippen molar-refractivity contribution in [3.05, 3.63) is 24.3 Å². The van der Waals surface area contributed by atoms with Crippen LogP contribution in [0, 0.1) is 0 Å². The van der Waals surface area contributed by atoms with E-state index >= 15 is 0 Å². The summed E-state index contributed by atoms with van der Waals surface area (Å²) in [5, 5.41) is 9.20. The van der Waals surface area contributed by atoms with E-state index < -0.39 is 26.6 Å². The van der Waals surface area contributed by atoms with Crippen molar-refractivity contribution < 1.29 is 27.0 Å². The molecule has 1 fully saturated rings. The Labute approximate surface area is 122 Å². The van der Waals surface area contributed by atoms with E-state index in [1.165, 1.54) is 18.2 Å². The first-order valence-corrected chi connectivity index (χ1v) is 8.03. The van der Waals surface area contributed by atoms with Crippen molar-refractivity contribution in [2.75, 3.05) is 24.6 Å². The molecule has 21 heavy (non-hydrogen) atoms. The van der Waals surface area contributed by atoms with Crippen LogP contribution in [0.25, 0.3) is 0 Å². The van der Waals surface area contributed by atoms with E-state index in [0.717, 1.165) is 0 Å². The van der Waals surface area contributed by atoms with Crippen LogP contribution < -0.4 is 4.90 Å². The van der Waals surface area contributed by atoms with Crippen LogP contribution in [-0.4, -0.2) is 51.2 Å². The number of benzene rings is 1. The molecule has 2 unspecified atom stereocenters. The highest BCUT2D eigenvalue weighted by atomic mass is 32.2. The van der Waals surface area contributed by atoms with E-state index in [2.05, 4.69) is 0 Å². The molecule has 0 spiro atoms. The molecule has 2 rings (SSSR count). The van der Waals surface area contributed by atoms with E-state index in [9.17, 15) is 22.3 Å². The third-order valence-electron chi connectivity index (χ3n) is 3.28. The average Bonchev–Trinajstić information content (AvgIpc) is 2.46. The van der Waals surface area contributed by atoms with Crippen LogP contribution in [0.3, 0.4) is 0 Å². The minimum absolute atomic E-state index is 0.214. The van der Waals surface area contributed by atoms with Crippen LogP contribution in [0.15, 0.2) is 29.2 Å². The van der Waals surface area contributed by atoms with E-state index in [0.29, 0.717) is 6.54 Å². The van der Waals surface area contributed by atoms with Crippen LogP contribution in [0.2, 0.25) is 0 Å². The molecule has 1 aromatic rings. The third-order valence-corrected chi connectivity index (χ3v) is 4.70. The van der Waals surface area contributed by atoms with Crippen LogP contribution in [0.4, 0.5) is 14.5 Å². The summed E-state index contributed by atoms with van der Waals surface area (Å²) in [7, 11) is -4.68. The maximum Gasteiger partial charge on any atom is 0.341 e. The first kappa shape index (κ1) is 16.1. The Morgan fingerprint density at radius 2 is 2.05 bits per heavy atom. The molecule has 5 nitrogen and oxygen atoms in total. The predicted molar refractivity (Wildman–Crippen MR) is 73.3 cm³/mol. The Bertz CT molecular complexity index is 594. The highest BCUT2D eigenvalue weighted by Gasteiger charge is 2.33. The average molecular weight is 321 g/mol. The second kappa shape index (κ2) is 6.25. The van der Waals surface area contributed by atoms with Crippen LogP contribution >= 0.6 is 0 Å².